The zero-order valence-electron chi connectivity index (χ0n) is 14.6. The van der Waals surface area contributed by atoms with Gasteiger partial charge in [-0.1, -0.05) is 60.7 Å². The van der Waals surface area contributed by atoms with E-state index in [4.69, 9.17) is 9.47 Å². The standard InChI is InChI=1S/C22H21NO3/c1-25-21(18-10-6-3-7-11-18)22(24)23-19-12-14-20(15-13-19)26-16-17-8-4-2-5-9-17/h2-15,21H,16H2,1H3,(H,23,24)/t21-/m0/s1. The van der Waals surface area contributed by atoms with Crippen LogP contribution in [-0.2, 0) is 16.1 Å². The van der Waals surface area contributed by atoms with E-state index in [0.717, 1.165) is 16.9 Å². The third-order valence-electron chi connectivity index (χ3n) is 3.95. The molecule has 0 aliphatic carbocycles. The molecule has 1 N–H and O–H groups in total. The van der Waals surface area contributed by atoms with E-state index in [1.807, 2.05) is 84.9 Å². The van der Waals surface area contributed by atoms with E-state index in [1.54, 1.807) is 0 Å². The Balaban J connectivity index is 1.59. The predicted molar refractivity (Wildman–Crippen MR) is 102 cm³/mol. The Morgan fingerprint density at radius 3 is 2.12 bits per heavy atom. The fourth-order valence-corrected chi connectivity index (χ4v) is 2.61. The van der Waals surface area contributed by atoms with Gasteiger partial charge in [-0.2, -0.15) is 0 Å². The molecule has 3 rings (SSSR count). The molecule has 0 spiro atoms. The molecule has 0 bridgehead atoms. The second-order valence-corrected chi connectivity index (χ2v) is 5.81. The molecule has 1 amide bonds. The minimum atomic E-state index is -0.648. The second-order valence-electron chi connectivity index (χ2n) is 5.81. The van der Waals surface area contributed by atoms with Gasteiger partial charge in [0.05, 0.1) is 0 Å². The summed E-state index contributed by atoms with van der Waals surface area (Å²) < 4.78 is 11.1. The highest BCUT2D eigenvalue weighted by Crippen LogP contribution is 2.21. The zero-order valence-corrected chi connectivity index (χ0v) is 14.6. The van der Waals surface area contributed by atoms with Gasteiger partial charge in [-0.25, -0.2) is 0 Å². The molecule has 0 heterocycles. The molecule has 3 aromatic rings. The van der Waals surface area contributed by atoms with Gasteiger partial charge in [0.2, 0.25) is 0 Å². The first-order valence-corrected chi connectivity index (χ1v) is 8.41. The lowest BCUT2D eigenvalue weighted by molar-refractivity contribution is -0.126. The first kappa shape index (κ1) is 17.7. The first-order chi connectivity index (χ1) is 12.8. The molecule has 4 heteroatoms. The zero-order chi connectivity index (χ0) is 18.2. The van der Waals surface area contributed by atoms with Crippen molar-refractivity contribution in [2.45, 2.75) is 12.7 Å². The summed E-state index contributed by atoms with van der Waals surface area (Å²) in [6.07, 6.45) is -0.648. The normalized spacial score (nSPS) is 11.6. The predicted octanol–water partition coefficient (Wildman–Crippen LogP) is 4.59. The average molecular weight is 347 g/mol. The maximum atomic E-state index is 12.5. The monoisotopic (exact) mass is 347 g/mol. The highest BCUT2D eigenvalue weighted by Gasteiger charge is 2.19. The summed E-state index contributed by atoms with van der Waals surface area (Å²) in [4.78, 5) is 12.5. The number of carbonyl (C=O) groups is 1. The number of methoxy groups -OCH3 is 1. The number of carbonyl (C=O) groups excluding carboxylic acids is 1. The van der Waals surface area contributed by atoms with Gasteiger partial charge in [0.25, 0.3) is 5.91 Å². The molecule has 0 radical (unpaired) electrons. The molecule has 0 aliphatic heterocycles. The van der Waals surface area contributed by atoms with E-state index in [0.29, 0.717) is 12.3 Å². The molecule has 3 aromatic carbocycles. The number of benzene rings is 3. The summed E-state index contributed by atoms with van der Waals surface area (Å²) in [5.41, 5.74) is 2.62. The maximum absolute atomic E-state index is 12.5. The summed E-state index contributed by atoms with van der Waals surface area (Å²) >= 11 is 0. The summed E-state index contributed by atoms with van der Waals surface area (Å²) in [7, 11) is 1.53. The number of ether oxygens (including phenoxy) is 2. The van der Waals surface area contributed by atoms with Crippen molar-refractivity contribution >= 4 is 11.6 Å². The molecule has 132 valence electrons. The van der Waals surface area contributed by atoms with Crippen LogP contribution in [0.15, 0.2) is 84.9 Å². The molecule has 0 aliphatic rings. The summed E-state index contributed by atoms with van der Waals surface area (Å²) in [5.74, 6) is 0.537. The maximum Gasteiger partial charge on any atom is 0.258 e. The minimum Gasteiger partial charge on any atom is -0.489 e. The van der Waals surface area contributed by atoms with Crippen LogP contribution in [0, 0.1) is 0 Å². The summed E-state index contributed by atoms with van der Waals surface area (Å²) in [5, 5.41) is 2.87. The third-order valence-corrected chi connectivity index (χ3v) is 3.95. The van der Waals surface area contributed by atoms with Gasteiger partial charge >= 0.3 is 0 Å². The molecular weight excluding hydrogens is 326 g/mol. The highest BCUT2D eigenvalue weighted by atomic mass is 16.5. The van der Waals surface area contributed by atoms with E-state index >= 15 is 0 Å². The number of anilines is 1. The number of nitrogens with one attached hydrogen (secondary N) is 1. The van der Waals surface area contributed by atoms with Gasteiger partial charge in [-0.05, 0) is 35.4 Å². The third kappa shape index (κ3) is 4.71. The highest BCUT2D eigenvalue weighted by molar-refractivity contribution is 5.94. The smallest absolute Gasteiger partial charge is 0.258 e. The second kappa shape index (κ2) is 8.83. The van der Waals surface area contributed by atoms with E-state index < -0.39 is 6.10 Å². The van der Waals surface area contributed by atoms with Crippen LogP contribution in [-0.4, -0.2) is 13.0 Å². The van der Waals surface area contributed by atoms with Gasteiger partial charge in [0.1, 0.15) is 12.4 Å². The minimum absolute atomic E-state index is 0.211. The summed E-state index contributed by atoms with van der Waals surface area (Å²) in [6.45, 7) is 0.506. The fraction of sp³-hybridized carbons (Fsp3) is 0.136. The van der Waals surface area contributed by atoms with Crippen LogP contribution in [0.1, 0.15) is 17.2 Å². The van der Waals surface area contributed by atoms with Crippen LogP contribution >= 0.6 is 0 Å². The van der Waals surface area contributed by atoms with Crippen molar-refractivity contribution in [1.82, 2.24) is 0 Å². The lowest BCUT2D eigenvalue weighted by Gasteiger charge is -2.16. The molecule has 26 heavy (non-hydrogen) atoms. The number of hydrogen-bond donors (Lipinski definition) is 1. The SMILES string of the molecule is CO[C@H](C(=O)Nc1ccc(OCc2ccccc2)cc1)c1ccccc1. The van der Waals surface area contributed by atoms with E-state index in [-0.39, 0.29) is 5.91 Å². The average Bonchev–Trinajstić information content (AvgIpc) is 2.70. The van der Waals surface area contributed by atoms with Crippen molar-refractivity contribution in [3.63, 3.8) is 0 Å². The van der Waals surface area contributed by atoms with Crippen LogP contribution in [0.5, 0.6) is 5.75 Å². The Morgan fingerprint density at radius 1 is 0.885 bits per heavy atom. The summed E-state index contributed by atoms with van der Waals surface area (Å²) in [6, 6.07) is 26.7. The number of rotatable bonds is 7. The quantitative estimate of drug-likeness (QED) is 0.680. The Labute approximate surface area is 153 Å². The van der Waals surface area contributed by atoms with Gasteiger partial charge in [-0.15, -0.1) is 0 Å². The molecule has 1 atom stereocenters. The number of hydrogen-bond acceptors (Lipinski definition) is 3. The molecule has 0 saturated carbocycles. The lowest BCUT2D eigenvalue weighted by Crippen LogP contribution is -2.22. The van der Waals surface area contributed by atoms with Crippen LogP contribution in [0.25, 0.3) is 0 Å². The van der Waals surface area contributed by atoms with Crippen molar-refractivity contribution in [1.29, 1.82) is 0 Å². The van der Waals surface area contributed by atoms with Crippen molar-refractivity contribution < 1.29 is 14.3 Å². The topological polar surface area (TPSA) is 47.6 Å². The molecule has 0 saturated heterocycles. The molecule has 4 nitrogen and oxygen atoms in total. The van der Waals surface area contributed by atoms with Crippen molar-refractivity contribution in [3.8, 4) is 5.75 Å². The lowest BCUT2D eigenvalue weighted by atomic mass is 10.1. The molecule has 0 unspecified atom stereocenters. The molecule has 0 fully saturated rings. The van der Waals surface area contributed by atoms with Crippen molar-refractivity contribution in [2.75, 3.05) is 12.4 Å². The van der Waals surface area contributed by atoms with E-state index in [2.05, 4.69) is 5.32 Å². The fourth-order valence-electron chi connectivity index (χ4n) is 2.61. The molecule has 0 aromatic heterocycles. The molecular formula is C22H21NO3. The van der Waals surface area contributed by atoms with Crippen LogP contribution in [0.2, 0.25) is 0 Å². The van der Waals surface area contributed by atoms with Crippen molar-refractivity contribution in [2.24, 2.45) is 0 Å². The van der Waals surface area contributed by atoms with E-state index in [1.165, 1.54) is 7.11 Å². The van der Waals surface area contributed by atoms with Gasteiger partial charge < -0.3 is 14.8 Å². The van der Waals surface area contributed by atoms with Gasteiger partial charge in [0.15, 0.2) is 6.10 Å². The van der Waals surface area contributed by atoms with Crippen LogP contribution < -0.4 is 10.1 Å². The first-order valence-electron chi connectivity index (χ1n) is 8.41. The van der Waals surface area contributed by atoms with Crippen LogP contribution in [0.3, 0.4) is 0 Å². The van der Waals surface area contributed by atoms with Crippen molar-refractivity contribution in [3.05, 3.63) is 96.1 Å². The largest absolute Gasteiger partial charge is 0.489 e. The van der Waals surface area contributed by atoms with Crippen LogP contribution in [0.4, 0.5) is 5.69 Å². The Hall–Kier alpha value is -3.11. The number of amides is 1. The Morgan fingerprint density at radius 2 is 1.50 bits per heavy atom. The Bertz CT molecular complexity index is 817. The van der Waals surface area contributed by atoms with Gasteiger partial charge in [0, 0.05) is 12.8 Å². The van der Waals surface area contributed by atoms with Gasteiger partial charge in [-0.3, -0.25) is 4.79 Å². The van der Waals surface area contributed by atoms with E-state index in [9.17, 15) is 4.79 Å². The Kier molecular flexibility index (Phi) is 6.01.